The molecule has 0 spiro atoms. The molecular weight excluding hydrogens is 453 g/mol. The summed E-state index contributed by atoms with van der Waals surface area (Å²) in [6, 6.07) is 10.5. The Balaban J connectivity index is 1.84. The third kappa shape index (κ3) is 7.60. The Hall–Kier alpha value is -1.43. The number of carbonyl (C=O) groups excluding carboxylic acids is 1. The molecule has 0 radical (unpaired) electrons. The van der Waals surface area contributed by atoms with Gasteiger partial charge >= 0.3 is 0 Å². The number of rotatable bonds is 10. The van der Waals surface area contributed by atoms with Crippen LogP contribution in [0.15, 0.2) is 40.9 Å². The number of anilines is 1. The lowest BCUT2D eigenvalue weighted by Gasteiger charge is -2.12. The van der Waals surface area contributed by atoms with Gasteiger partial charge in [-0.05, 0) is 46.6 Å². The molecule has 2 rings (SSSR count). The van der Waals surface area contributed by atoms with E-state index in [9.17, 15) is 4.79 Å². The lowest BCUT2D eigenvalue weighted by Crippen LogP contribution is -2.20. The molecule has 7 heteroatoms. The van der Waals surface area contributed by atoms with Gasteiger partial charge in [-0.2, -0.15) is 0 Å². The third-order valence-corrected chi connectivity index (χ3v) is 4.78. The van der Waals surface area contributed by atoms with E-state index in [4.69, 9.17) is 32.7 Å². The third-order valence-electron chi connectivity index (χ3n) is 3.70. The summed E-state index contributed by atoms with van der Waals surface area (Å²) in [6.45, 7) is 2.67. The quantitative estimate of drug-likeness (QED) is 0.388. The summed E-state index contributed by atoms with van der Waals surface area (Å²) in [5, 5.41) is 3.60. The van der Waals surface area contributed by atoms with Gasteiger partial charge in [0.15, 0.2) is 12.4 Å². The molecule has 146 valence electrons. The van der Waals surface area contributed by atoms with Gasteiger partial charge in [0.05, 0.1) is 16.1 Å². The maximum Gasteiger partial charge on any atom is 0.262 e. The number of unbranched alkanes of at least 4 members (excludes halogenated alkanes) is 3. The maximum atomic E-state index is 12.2. The molecule has 0 saturated heterocycles. The average Bonchev–Trinajstić information content (AvgIpc) is 2.61. The van der Waals surface area contributed by atoms with Crippen molar-refractivity contribution in [3.05, 3.63) is 50.9 Å². The van der Waals surface area contributed by atoms with Crippen molar-refractivity contribution in [1.82, 2.24) is 0 Å². The molecule has 0 fully saturated rings. The molecule has 4 nitrogen and oxygen atoms in total. The van der Waals surface area contributed by atoms with Crippen LogP contribution in [0, 0.1) is 0 Å². The molecule has 2 aromatic rings. The number of halogens is 3. The van der Waals surface area contributed by atoms with Crippen molar-refractivity contribution >= 4 is 50.7 Å². The Labute approximate surface area is 178 Å². The molecule has 0 saturated carbocycles. The largest absolute Gasteiger partial charge is 0.494 e. The van der Waals surface area contributed by atoms with Crippen LogP contribution in [0.5, 0.6) is 11.5 Å². The van der Waals surface area contributed by atoms with Crippen LogP contribution in [0.1, 0.15) is 32.6 Å². The van der Waals surface area contributed by atoms with Crippen LogP contribution in [0.3, 0.4) is 0 Å². The Bertz CT molecular complexity index is 748. The molecule has 2 aromatic carbocycles. The first kappa shape index (κ1) is 21.9. The number of carbonyl (C=O) groups is 1. The predicted octanol–water partition coefficient (Wildman–Crippen LogP) is 6.73. The highest BCUT2D eigenvalue weighted by Crippen LogP contribution is 2.36. The fourth-order valence-electron chi connectivity index (χ4n) is 2.38. The zero-order valence-electron chi connectivity index (χ0n) is 15.1. The zero-order valence-corrected chi connectivity index (χ0v) is 18.2. The van der Waals surface area contributed by atoms with Crippen LogP contribution in [-0.2, 0) is 4.79 Å². The molecule has 0 aliphatic heterocycles. The topological polar surface area (TPSA) is 47.6 Å². The van der Waals surface area contributed by atoms with Gasteiger partial charge in [0, 0.05) is 16.8 Å². The second-order valence-electron chi connectivity index (χ2n) is 5.97. The maximum absolute atomic E-state index is 12.2. The van der Waals surface area contributed by atoms with Crippen molar-refractivity contribution in [2.24, 2.45) is 0 Å². The Kier molecular flexibility index (Phi) is 9.25. The second kappa shape index (κ2) is 11.4. The van der Waals surface area contributed by atoms with Crippen LogP contribution in [0.2, 0.25) is 10.0 Å². The van der Waals surface area contributed by atoms with Gasteiger partial charge in [-0.25, -0.2) is 0 Å². The van der Waals surface area contributed by atoms with Gasteiger partial charge < -0.3 is 14.8 Å². The molecule has 0 unspecified atom stereocenters. The Morgan fingerprint density at radius 1 is 1.11 bits per heavy atom. The number of ether oxygens (including phenoxy) is 2. The highest BCUT2D eigenvalue weighted by Gasteiger charge is 2.11. The van der Waals surface area contributed by atoms with E-state index < -0.39 is 0 Å². The molecular formula is C20H22BrCl2NO3. The molecule has 0 heterocycles. The van der Waals surface area contributed by atoms with E-state index in [1.165, 1.54) is 12.8 Å². The SMILES string of the molecule is CCCCCCOc1cccc(NC(=O)COc2c(Cl)cc(Cl)cc2Br)c1. The van der Waals surface area contributed by atoms with Crippen LogP contribution in [0.25, 0.3) is 0 Å². The van der Waals surface area contributed by atoms with Crippen molar-refractivity contribution in [2.45, 2.75) is 32.6 Å². The normalized spacial score (nSPS) is 10.5. The van der Waals surface area contributed by atoms with Crippen molar-refractivity contribution in [1.29, 1.82) is 0 Å². The van der Waals surface area contributed by atoms with Gasteiger partial charge in [0.2, 0.25) is 0 Å². The number of nitrogens with one attached hydrogen (secondary N) is 1. The molecule has 0 bridgehead atoms. The highest BCUT2D eigenvalue weighted by molar-refractivity contribution is 9.10. The summed E-state index contributed by atoms with van der Waals surface area (Å²) in [7, 11) is 0. The van der Waals surface area contributed by atoms with Crippen molar-refractivity contribution in [2.75, 3.05) is 18.5 Å². The first-order chi connectivity index (χ1) is 13.0. The minimum Gasteiger partial charge on any atom is -0.494 e. The standard InChI is InChI=1S/C20H22BrCl2NO3/c1-2-3-4-5-9-26-16-8-6-7-15(12-16)24-19(25)13-27-20-17(21)10-14(22)11-18(20)23/h6-8,10-12H,2-5,9,13H2,1H3,(H,24,25). The van der Waals surface area contributed by atoms with E-state index >= 15 is 0 Å². The van der Waals surface area contributed by atoms with Crippen LogP contribution in [-0.4, -0.2) is 19.1 Å². The summed E-state index contributed by atoms with van der Waals surface area (Å²) in [5.74, 6) is 0.807. The Morgan fingerprint density at radius 3 is 2.67 bits per heavy atom. The fraction of sp³-hybridized carbons (Fsp3) is 0.350. The minimum atomic E-state index is -0.298. The number of hydrogen-bond donors (Lipinski definition) is 1. The summed E-state index contributed by atoms with van der Waals surface area (Å²) < 4.78 is 11.8. The van der Waals surface area contributed by atoms with Crippen molar-refractivity contribution in [3.8, 4) is 11.5 Å². The summed E-state index contributed by atoms with van der Waals surface area (Å²) in [6.07, 6.45) is 4.59. The lowest BCUT2D eigenvalue weighted by atomic mass is 10.2. The number of hydrogen-bond acceptors (Lipinski definition) is 3. The smallest absolute Gasteiger partial charge is 0.262 e. The molecule has 1 N–H and O–H groups in total. The summed E-state index contributed by atoms with van der Waals surface area (Å²) in [5.41, 5.74) is 0.649. The van der Waals surface area contributed by atoms with Gasteiger partial charge in [0.1, 0.15) is 5.75 Å². The first-order valence-corrected chi connectivity index (χ1v) is 10.3. The van der Waals surface area contributed by atoms with Crippen LogP contribution < -0.4 is 14.8 Å². The molecule has 0 aliphatic rings. The van der Waals surface area contributed by atoms with E-state index in [0.717, 1.165) is 18.6 Å². The van der Waals surface area contributed by atoms with Crippen molar-refractivity contribution in [3.63, 3.8) is 0 Å². The average molecular weight is 475 g/mol. The lowest BCUT2D eigenvalue weighted by molar-refractivity contribution is -0.118. The van der Waals surface area contributed by atoms with E-state index in [-0.39, 0.29) is 12.5 Å². The summed E-state index contributed by atoms with van der Waals surface area (Å²) in [4.78, 5) is 12.2. The molecule has 27 heavy (non-hydrogen) atoms. The van der Waals surface area contributed by atoms with E-state index in [2.05, 4.69) is 28.2 Å². The van der Waals surface area contributed by atoms with Crippen molar-refractivity contribution < 1.29 is 14.3 Å². The second-order valence-corrected chi connectivity index (χ2v) is 7.67. The van der Waals surface area contributed by atoms with Gasteiger partial charge in [-0.1, -0.05) is 55.5 Å². The summed E-state index contributed by atoms with van der Waals surface area (Å²) >= 11 is 15.3. The van der Waals surface area contributed by atoms with Gasteiger partial charge in [0.25, 0.3) is 5.91 Å². The monoisotopic (exact) mass is 473 g/mol. The fourth-order valence-corrected chi connectivity index (χ4v) is 3.75. The predicted molar refractivity (Wildman–Crippen MR) is 114 cm³/mol. The van der Waals surface area contributed by atoms with E-state index in [1.54, 1.807) is 24.3 Å². The molecule has 0 aliphatic carbocycles. The van der Waals surface area contributed by atoms with Crippen LogP contribution >= 0.6 is 39.1 Å². The van der Waals surface area contributed by atoms with E-state index in [1.807, 2.05) is 12.1 Å². The first-order valence-electron chi connectivity index (χ1n) is 8.79. The molecule has 1 amide bonds. The molecule has 0 aromatic heterocycles. The van der Waals surface area contributed by atoms with Gasteiger partial charge in [-0.3, -0.25) is 4.79 Å². The molecule has 0 atom stereocenters. The van der Waals surface area contributed by atoms with E-state index in [0.29, 0.717) is 32.6 Å². The highest BCUT2D eigenvalue weighted by atomic mass is 79.9. The zero-order chi connectivity index (χ0) is 19.6. The number of amides is 1. The minimum absolute atomic E-state index is 0.179. The van der Waals surface area contributed by atoms with Crippen LogP contribution in [0.4, 0.5) is 5.69 Å². The number of benzene rings is 2. The Morgan fingerprint density at radius 2 is 1.93 bits per heavy atom. The van der Waals surface area contributed by atoms with Gasteiger partial charge in [-0.15, -0.1) is 0 Å².